The molecule has 146 valence electrons. The van der Waals surface area contributed by atoms with Crippen LogP contribution in [0.15, 0.2) is 12.2 Å². The van der Waals surface area contributed by atoms with E-state index < -0.39 is 23.3 Å². The fourth-order valence-corrected chi connectivity index (χ4v) is 1.59. The summed E-state index contributed by atoms with van der Waals surface area (Å²) in [6, 6.07) is 0. The predicted octanol–water partition coefficient (Wildman–Crippen LogP) is -0.233. The van der Waals surface area contributed by atoms with Gasteiger partial charge in [0.15, 0.2) is 0 Å². The Labute approximate surface area is 146 Å². The van der Waals surface area contributed by atoms with Crippen LogP contribution in [-0.4, -0.2) is 95.0 Å². The van der Waals surface area contributed by atoms with Crippen LogP contribution >= 0.6 is 0 Å². The van der Waals surface area contributed by atoms with Gasteiger partial charge in [0.25, 0.3) is 0 Å². The average Bonchev–Trinajstić information content (AvgIpc) is 2.58. The maximum Gasteiger partial charge on any atom is 0.369 e. The van der Waals surface area contributed by atoms with Gasteiger partial charge in [-0.3, -0.25) is 0 Å². The summed E-state index contributed by atoms with van der Waals surface area (Å²) in [5.74, 6) is -5.71. The van der Waals surface area contributed by atoms with Gasteiger partial charge < -0.3 is 38.6 Å². The molecular formula is C15H26O10. The molecule has 0 aliphatic rings. The highest BCUT2D eigenvalue weighted by molar-refractivity contribution is 5.97. The van der Waals surface area contributed by atoms with E-state index in [1.165, 1.54) is 14.2 Å². The molecule has 0 saturated carbocycles. The molecule has 2 N–H and O–H groups in total. The van der Waals surface area contributed by atoms with Crippen molar-refractivity contribution < 1.29 is 48.2 Å². The SMILES string of the molecule is C=C(C(=O)O)C(OCCOCCOC)(OCCOCCOC)C(=O)O. The quantitative estimate of drug-likeness (QED) is 0.202. The Hall–Kier alpha value is -1.56. The molecule has 0 unspecified atom stereocenters. The molecule has 0 saturated heterocycles. The summed E-state index contributed by atoms with van der Waals surface area (Å²) < 4.78 is 30.2. The number of carbonyl (C=O) groups is 2. The molecule has 0 aromatic heterocycles. The van der Waals surface area contributed by atoms with Gasteiger partial charge in [-0.15, -0.1) is 0 Å². The molecule has 0 aromatic carbocycles. The van der Waals surface area contributed by atoms with Crippen LogP contribution in [0, 0.1) is 0 Å². The fraction of sp³-hybridized carbons (Fsp3) is 0.733. The van der Waals surface area contributed by atoms with E-state index in [1.54, 1.807) is 0 Å². The second-order valence-corrected chi connectivity index (χ2v) is 4.61. The molecule has 0 amide bonds. The van der Waals surface area contributed by atoms with Gasteiger partial charge in [-0.1, -0.05) is 6.58 Å². The van der Waals surface area contributed by atoms with Crippen molar-refractivity contribution in [3.8, 4) is 0 Å². The Morgan fingerprint density at radius 1 is 0.800 bits per heavy atom. The van der Waals surface area contributed by atoms with Crippen molar-refractivity contribution in [3.63, 3.8) is 0 Å². The molecule has 0 radical (unpaired) electrons. The van der Waals surface area contributed by atoms with Gasteiger partial charge in [-0.2, -0.15) is 0 Å². The van der Waals surface area contributed by atoms with E-state index >= 15 is 0 Å². The highest BCUT2D eigenvalue weighted by Gasteiger charge is 2.47. The molecule has 0 atom stereocenters. The Balaban J connectivity index is 4.69. The third-order valence-corrected chi connectivity index (χ3v) is 2.87. The number of aliphatic carboxylic acids is 2. The smallest absolute Gasteiger partial charge is 0.369 e. The van der Waals surface area contributed by atoms with Gasteiger partial charge in [-0.25, -0.2) is 9.59 Å². The molecule has 10 nitrogen and oxygen atoms in total. The number of carboxylic acid groups (broad SMARTS) is 2. The highest BCUT2D eigenvalue weighted by atomic mass is 16.7. The molecule has 0 aliphatic heterocycles. The van der Waals surface area contributed by atoms with Gasteiger partial charge >= 0.3 is 17.7 Å². The van der Waals surface area contributed by atoms with E-state index in [0.717, 1.165) is 0 Å². The molecule has 0 rings (SSSR count). The topological polar surface area (TPSA) is 130 Å². The van der Waals surface area contributed by atoms with E-state index in [2.05, 4.69) is 6.58 Å². The van der Waals surface area contributed by atoms with E-state index in [0.29, 0.717) is 13.2 Å². The molecule has 0 aliphatic carbocycles. The second kappa shape index (κ2) is 13.7. The van der Waals surface area contributed by atoms with Crippen molar-refractivity contribution in [3.05, 3.63) is 12.2 Å². The van der Waals surface area contributed by atoms with E-state index in [4.69, 9.17) is 33.5 Å². The molecule has 25 heavy (non-hydrogen) atoms. The van der Waals surface area contributed by atoms with E-state index in [-0.39, 0.29) is 39.6 Å². The van der Waals surface area contributed by atoms with Gasteiger partial charge in [0.05, 0.1) is 52.9 Å². The zero-order valence-corrected chi connectivity index (χ0v) is 14.5. The third-order valence-electron chi connectivity index (χ3n) is 2.87. The number of hydrogen-bond donors (Lipinski definition) is 2. The summed E-state index contributed by atoms with van der Waals surface area (Å²) in [5, 5.41) is 18.5. The van der Waals surface area contributed by atoms with Crippen LogP contribution in [0.4, 0.5) is 0 Å². The first-order valence-corrected chi connectivity index (χ1v) is 7.49. The Bertz CT molecular complexity index is 393. The number of ether oxygens (including phenoxy) is 6. The van der Waals surface area contributed by atoms with Crippen molar-refractivity contribution in [1.29, 1.82) is 0 Å². The standard InChI is InChI=1S/C15H26O10/c1-12(13(16)17)15(14(18)19,24-10-8-22-6-4-20-2)25-11-9-23-7-5-21-3/h1,4-11H2,2-3H3,(H,16,17)(H,18,19). The summed E-state index contributed by atoms with van der Waals surface area (Å²) in [5.41, 5.74) is -0.756. The van der Waals surface area contributed by atoms with Gasteiger partial charge in [-0.05, 0) is 0 Å². The van der Waals surface area contributed by atoms with Crippen LogP contribution < -0.4 is 0 Å². The van der Waals surface area contributed by atoms with E-state index in [1.807, 2.05) is 0 Å². The minimum Gasteiger partial charge on any atom is -0.478 e. The summed E-state index contributed by atoms with van der Waals surface area (Å²) in [4.78, 5) is 22.8. The molecule has 0 aromatic rings. The summed E-state index contributed by atoms with van der Waals surface area (Å²) >= 11 is 0. The van der Waals surface area contributed by atoms with Crippen molar-refractivity contribution >= 4 is 11.9 Å². The molecule has 0 bridgehead atoms. The second-order valence-electron chi connectivity index (χ2n) is 4.61. The Kier molecular flexibility index (Phi) is 12.8. The normalized spacial score (nSPS) is 11.4. The molecule has 0 heterocycles. The lowest BCUT2D eigenvalue weighted by molar-refractivity contribution is -0.235. The number of rotatable bonds is 17. The van der Waals surface area contributed by atoms with E-state index in [9.17, 15) is 14.7 Å². The number of hydrogen-bond acceptors (Lipinski definition) is 8. The van der Waals surface area contributed by atoms with Crippen molar-refractivity contribution in [2.75, 3.05) is 67.1 Å². The maximum absolute atomic E-state index is 11.6. The van der Waals surface area contributed by atoms with Gasteiger partial charge in [0, 0.05) is 14.2 Å². The molecule has 10 heteroatoms. The Morgan fingerprint density at radius 3 is 1.52 bits per heavy atom. The van der Waals surface area contributed by atoms with Crippen molar-refractivity contribution in [2.24, 2.45) is 0 Å². The lowest BCUT2D eigenvalue weighted by atomic mass is 10.1. The molecule has 0 fully saturated rings. The first-order valence-electron chi connectivity index (χ1n) is 7.49. The van der Waals surface area contributed by atoms with Crippen LogP contribution in [-0.2, 0) is 38.0 Å². The fourth-order valence-electron chi connectivity index (χ4n) is 1.59. The lowest BCUT2D eigenvalue weighted by Crippen LogP contribution is -2.49. The van der Waals surface area contributed by atoms with Crippen LogP contribution in [0.25, 0.3) is 0 Å². The first kappa shape index (κ1) is 23.4. The summed E-state index contributed by atoms with van der Waals surface area (Å²) in [7, 11) is 3.02. The zero-order valence-electron chi connectivity index (χ0n) is 14.5. The largest absolute Gasteiger partial charge is 0.478 e. The van der Waals surface area contributed by atoms with Crippen molar-refractivity contribution in [1.82, 2.24) is 0 Å². The number of carboxylic acids is 2. The van der Waals surface area contributed by atoms with Crippen LogP contribution in [0.2, 0.25) is 0 Å². The average molecular weight is 366 g/mol. The Morgan fingerprint density at radius 2 is 1.20 bits per heavy atom. The summed E-state index contributed by atoms with van der Waals surface area (Å²) in [6.07, 6.45) is 0. The maximum atomic E-state index is 11.6. The lowest BCUT2D eigenvalue weighted by Gasteiger charge is -2.29. The van der Waals surface area contributed by atoms with Crippen LogP contribution in [0.5, 0.6) is 0 Å². The number of methoxy groups -OCH3 is 2. The van der Waals surface area contributed by atoms with Gasteiger partial charge in [0.1, 0.15) is 5.57 Å². The minimum atomic E-state index is -2.53. The van der Waals surface area contributed by atoms with Gasteiger partial charge in [0.2, 0.25) is 0 Å². The zero-order chi connectivity index (χ0) is 19.1. The highest BCUT2D eigenvalue weighted by Crippen LogP contribution is 2.23. The monoisotopic (exact) mass is 366 g/mol. The molecular weight excluding hydrogens is 340 g/mol. The van der Waals surface area contributed by atoms with Crippen LogP contribution in [0.1, 0.15) is 0 Å². The summed E-state index contributed by atoms with van der Waals surface area (Å²) in [6.45, 7) is 4.17. The predicted molar refractivity (Wildman–Crippen MR) is 84.4 cm³/mol. The third kappa shape index (κ3) is 8.91. The van der Waals surface area contributed by atoms with Crippen molar-refractivity contribution in [2.45, 2.75) is 5.79 Å². The van der Waals surface area contributed by atoms with Crippen LogP contribution in [0.3, 0.4) is 0 Å². The molecule has 0 spiro atoms. The first-order chi connectivity index (χ1) is 11.9. The minimum absolute atomic E-state index is 0.0268.